The average molecular weight is 437 g/mol. The molecule has 162 valence electrons. The van der Waals surface area contributed by atoms with Gasteiger partial charge in [-0.3, -0.25) is 9.69 Å². The number of nitrogens with zero attached hydrogens (tertiary/aromatic N) is 2. The molecule has 0 aliphatic heterocycles. The molecule has 2 N–H and O–H groups in total. The maximum Gasteiger partial charge on any atom is 0.273 e. The van der Waals surface area contributed by atoms with Crippen LogP contribution in [0.1, 0.15) is 46.2 Å². The standard InChI is InChI=1S/C24H28N4O2S/c1-16(2)26-24(29)21-15-30-23(27-21)14-28(13-22-17(3)9-11-31-22)10-8-18-12-25-20-7-5-4-6-19(18)20/h4-7,9,11-12,15-16,25H,8,10,13-14H2,1-3H3,(H,26,29). The summed E-state index contributed by atoms with van der Waals surface area (Å²) in [6, 6.07) is 10.6. The number of para-hydroxylation sites is 1. The molecule has 0 aliphatic rings. The van der Waals surface area contributed by atoms with Gasteiger partial charge in [0.05, 0.1) is 6.54 Å². The van der Waals surface area contributed by atoms with Crippen LogP contribution in [0.25, 0.3) is 10.9 Å². The first-order valence-electron chi connectivity index (χ1n) is 10.5. The van der Waals surface area contributed by atoms with E-state index in [1.807, 2.05) is 19.9 Å². The highest BCUT2D eigenvalue weighted by Gasteiger charge is 2.17. The molecular weight excluding hydrogens is 408 g/mol. The summed E-state index contributed by atoms with van der Waals surface area (Å²) >= 11 is 1.77. The molecule has 0 aliphatic carbocycles. The summed E-state index contributed by atoms with van der Waals surface area (Å²) in [5.74, 6) is 0.353. The lowest BCUT2D eigenvalue weighted by Gasteiger charge is -2.20. The van der Waals surface area contributed by atoms with Crippen molar-refractivity contribution in [2.75, 3.05) is 6.54 Å². The largest absolute Gasteiger partial charge is 0.447 e. The number of oxazole rings is 1. The molecular formula is C24H28N4O2S. The highest BCUT2D eigenvalue weighted by Crippen LogP contribution is 2.22. The number of hydrogen-bond donors (Lipinski definition) is 2. The summed E-state index contributed by atoms with van der Waals surface area (Å²) < 4.78 is 5.64. The summed E-state index contributed by atoms with van der Waals surface area (Å²) in [5, 5.41) is 6.24. The fraction of sp³-hybridized carbons (Fsp3) is 0.333. The third-order valence-corrected chi connectivity index (χ3v) is 6.28. The van der Waals surface area contributed by atoms with E-state index < -0.39 is 0 Å². The van der Waals surface area contributed by atoms with E-state index in [1.165, 1.54) is 27.7 Å². The second kappa shape index (κ2) is 9.49. The molecule has 1 amide bonds. The smallest absolute Gasteiger partial charge is 0.273 e. The lowest BCUT2D eigenvalue weighted by atomic mass is 10.1. The zero-order valence-electron chi connectivity index (χ0n) is 18.1. The van der Waals surface area contributed by atoms with Gasteiger partial charge in [-0.25, -0.2) is 4.98 Å². The van der Waals surface area contributed by atoms with Crippen molar-refractivity contribution >= 4 is 28.1 Å². The Hall–Kier alpha value is -2.90. The lowest BCUT2D eigenvalue weighted by Crippen LogP contribution is -2.30. The Bertz CT molecular complexity index is 1160. The molecule has 0 fully saturated rings. The van der Waals surface area contributed by atoms with Crippen LogP contribution in [-0.2, 0) is 19.5 Å². The van der Waals surface area contributed by atoms with Crippen LogP contribution in [-0.4, -0.2) is 33.4 Å². The van der Waals surface area contributed by atoms with Gasteiger partial charge >= 0.3 is 0 Å². The van der Waals surface area contributed by atoms with Gasteiger partial charge in [-0.05, 0) is 55.8 Å². The molecule has 3 heterocycles. The number of nitrogens with one attached hydrogen (secondary N) is 2. The fourth-order valence-electron chi connectivity index (χ4n) is 3.62. The van der Waals surface area contributed by atoms with Crippen LogP contribution in [0.4, 0.5) is 0 Å². The van der Waals surface area contributed by atoms with Gasteiger partial charge in [-0.1, -0.05) is 18.2 Å². The normalized spacial score (nSPS) is 11.6. The molecule has 3 aromatic heterocycles. The molecule has 4 aromatic rings. The molecule has 31 heavy (non-hydrogen) atoms. The Morgan fingerprint density at radius 2 is 2.10 bits per heavy atom. The van der Waals surface area contributed by atoms with Crippen LogP contribution < -0.4 is 5.32 Å². The molecule has 4 rings (SSSR count). The summed E-state index contributed by atoms with van der Waals surface area (Å²) in [6.45, 7) is 8.22. The molecule has 0 unspecified atom stereocenters. The van der Waals surface area contributed by atoms with E-state index in [4.69, 9.17) is 4.42 Å². The topological polar surface area (TPSA) is 74.2 Å². The minimum absolute atomic E-state index is 0.0575. The first kappa shape index (κ1) is 21.3. The second-order valence-electron chi connectivity index (χ2n) is 8.10. The minimum atomic E-state index is -0.204. The summed E-state index contributed by atoms with van der Waals surface area (Å²) in [4.78, 5) is 23.7. The van der Waals surface area contributed by atoms with Gasteiger partial charge in [0.1, 0.15) is 6.26 Å². The van der Waals surface area contributed by atoms with E-state index in [-0.39, 0.29) is 11.9 Å². The number of thiophene rings is 1. The van der Waals surface area contributed by atoms with Gasteiger partial charge < -0.3 is 14.7 Å². The molecule has 0 radical (unpaired) electrons. The maximum absolute atomic E-state index is 12.2. The number of aromatic nitrogens is 2. The van der Waals surface area contributed by atoms with Crippen molar-refractivity contribution in [3.8, 4) is 0 Å². The SMILES string of the molecule is Cc1ccsc1CN(CCc1c[nH]c2ccccc12)Cc1nc(C(=O)NC(C)C)co1. The summed E-state index contributed by atoms with van der Waals surface area (Å²) in [7, 11) is 0. The number of benzene rings is 1. The highest BCUT2D eigenvalue weighted by atomic mass is 32.1. The Morgan fingerprint density at radius 1 is 1.26 bits per heavy atom. The Labute approximate surface area is 186 Å². The van der Waals surface area contributed by atoms with E-state index in [0.717, 1.165) is 25.0 Å². The van der Waals surface area contributed by atoms with E-state index in [0.29, 0.717) is 18.1 Å². The number of carbonyl (C=O) groups is 1. The number of H-pyrrole nitrogens is 1. The number of fused-ring (bicyclic) bond motifs is 1. The van der Waals surface area contributed by atoms with Crippen LogP contribution >= 0.6 is 11.3 Å². The predicted molar refractivity (Wildman–Crippen MR) is 124 cm³/mol. The van der Waals surface area contributed by atoms with Gasteiger partial charge in [0, 0.05) is 41.1 Å². The first-order valence-corrected chi connectivity index (χ1v) is 11.4. The number of aromatic amines is 1. The first-order chi connectivity index (χ1) is 15.0. The zero-order valence-corrected chi connectivity index (χ0v) is 19.0. The van der Waals surface area contributed by atoms with Crippen LogP contribution in [0.2, 0.25) is 0 Å². The van der Waals surface area contributed by atoms with Gasteiger partial charge in [0.15, 0.2) is 5.69 Å². The minimum Gasteiger partial charge on any atom is -0.447 e. The highest BCUT2D eigenvalue weighted by molar-refractivity contribution is 7.10. The predicted octanol–water partition coefficient (Wildman–Crippen LogP) is 4.91. The Morgan fingerprint density at radius 3 is 2.87 bits per heavy atom. The van der Waals surface area contributed by atoms with Crippen LogP contribution in [0, 0.1) is 6.92 Å². The average Bonchev–Trinajstić information content (AvgIpc) is 3.46. The second-order valence-corrected chi connectivity index (χ2v) is 9.10. The van der Waals surface area contributed by atoms with E-state index in [2.05, 4.69) is 63.0 Å². The lowest BCUT2D eigenvalue weighted by molar-refractivity contribution is 0.0938. The number of rotatable bonds is 9. The Kier molecular flexibility index (Phi) is 6.53. The molecule has 0 atom stereocenters. The Balaban J connectivity index is 1.48. The van der Waals surface area contributed by atoms with Crippen molar-refractivity contribution in [1.82, 2.24) is 20.2 Å². The quantitative estimate of drug-likeness (QED) is 0.391. The van der Waals surface area contributed by atoms with Crippen molar-refractivity contribution in [1.29, 1.82) is 0 Å². The van der Waals surface area contributed by atoms with E-state index in [1.54, 1.807) is 11.3 Å². The fourth-order valence-corrected chi connectivity index (χ4v) is 4.56. The molecule has 1 aromatic carbocycles. The van der Waals surface area contributed by atoms with Crippen molar-refractivity contribution in [3.63, 3.8) is 0 Å². The number of hydrogen-bond acceptors (Lipinski definition) is 5. The van der Waals surface area contributed by atoms with Crippen molar-refractivity contribution in [2.45, 2.75) is 46.3 Å². The molecule has 7 heteroatoms. The number of aryl methyl sites for hydroxylation is 1. The molecule has 0 saturated carbocycles. The van der Waals surface area contributed by atoms with Crippen molar-refractivity contribution < 1.29 is 9.21 Å². The third-order valence-electron chi connectivity index (χ3n) is 5.27. The molecule has 6 nitrogen and oxygen atoms in total. The number of carbonyl (C=O) groups excluding carboxylic acids is 1. The third kappa shape index (κ3) is 5.24. The van der Waals surface area contributed by atoms with Crippen molar-refractivity contribution in [3.05, 3.63) is 75.8 Å². The molecule has 0 bridgehead atoms. The number of amides is 1. The van der Waals surface area contributed by atoms with Crippen LogP contribution in [0.3, 0.4) is 0 Å². The van der Waals surface area contributed by atoms with Gasteiger partial charge in [-0.15, -0.1) is 11.3 Å². The van der Waals surface area contributed by atoms with E-state index >= 15 is 0 Å². The zero-order chi connectivity index (χ0) is 21.8. The summed E-state index contributed by atoms with van der Waals surface area (Å²) in [5.41, 5.74) is 4.08. The molecule has 0 spiro atoms. The maximum atomic E-state index is 12.2. The van der Waals surface area contributed by atoms with Crippen molar-refractivity contribution in [2.24, 2.45) is 0 Å². The van der Waals surface area contributed by atoms with Gasteiger partial charge in [0.2, 0.25) is 5.89 Å². The van der Waals surface area contributed by atoms with E-state index in [9.17, 15) is 4.79 Å². The van der Waals surface area contributed by atoms with Gasteiger partial charge in [0.25, 0.3) is 5.91 Å². The van der Waals surface area contributed by atoms with Gasteiger partial charge in [-0.2, -0.15) is 0 Å². The van der Waals surface area contributed by atoms with Crippen LogP contribution in [0.5, 0.6) is 0 Å². The monoisotopic (exact) mass is 436 g/mol. The summed E-state index contributed by atoms with van der Waals surface area (Å²) in [6.07, 6.45) is 4.45. The molecule has 0 saturated heterocycles. The van der Waals surface area contributed by atoms with Crippen LogP contribution in [0.15, 0.2) is 52.6 Å².